The fraction of sp³-hybridized carbons (Fsp3) is 1.00. The summed E-state index contributed by atoms with van der Waals surface area (Å²) in [6.45, 7) is 7.00. The minimum absolute atomic E-state index is 0.519. The fourth-order valence-electron chi connectivity index (χ4n) is 1.81. The molecule has 1 fully saturated rings. The van der Waals surface area contributed by atoms with E-state index < -0.39 is 0 Å². The third kappa shape index (κ3) is 2.46. The van der Waals surface area contributed by atoms with Crippen molar-refractivity contribution >= 4 is 0 Å². The van der Waals surface area contributed by atoms with Crippen LogP contribution in [0.1, 0.15) is 33.1 Å². The molecule has 12 heavy (non-hydrogen) atoms. The average molecular weight is 171 g/mol. The van der Waals surface area contributed by atoms with Crippen molar-refractivity contribution in [3.63, 3.8) is 0 Å². The van der Waals surface area contributed by atoms with E-state index in [4.69, 9.17) is 4.74 Å². The first-order valence-corrected chi connectivity index (χ1v) is 5.04. The molecule has 0 aromatic heterocycles. The van der Waals surface area contributed by atoms with Gasteiger partial charge in [0.05, 0.1) is 6.10 Å². The summed E-state index contributed by atoms with van der Waals surface area (Å²) in [4.78, 5) is 2.56. The predicted octanol–water partition coefficient (Wildman–Crippen LogP) is 1.90. The van der Waals surface area contributed by atoms with Gasteiger partial charge in [-0.3, -0.25) is 0 Å². The third-order valence-corrected chi connectivity index (χ3v) is 3.02. The van der Waals surface area contributed by atoms with E-state index in [1.54, 1.807) is 0 Å². The number of piperidine rings is 1. The Hall–Kier alpha value is -0.0800. The SMILES string of the molecule is CCC(C)N1CCC(OC)CC1. The van der Waals surface area contributed by atoms with E-state index in [0.717, 1.165) is 6.04 Å². The molecule has 1 rings (SSSR count). The zero-order chi connectivity index (χ0) is 8.97. The molecule has 0 amide bonds. The Balaban J connectivity index is 2.25. The van der Waals surface area contributed by atoms with Gasteiger partial charge in [-0.15, -0.1) is 0 Å². The van der Waals surface area contributed by atoms with Crippen molar-refractivity contribution in [2.75, 3.05) is 20.2 Å². The van der Waals surface area contributed by atoms with Gasteiger partial charge in [0.25, 0.3) is 0 Å². The zero-order valence-corrected chi connectivity index (χ0v) is 8.55. The van der Waals surface area contributed by atoms with Crippen LogP contribution in [0.5, 0.6) is 0 Å². The van der Waals surface area contributed by atoms with Gasteiger partial charge in [0, 0.05) is 26.2 Å². The second-order valence-electron chi connectivity index (χ2n) is 3.73. The molecule has 0 N–H and O–H groups in total. The summed E-state index contributed by atoms with van der Waals surface area (Å²) >= 11 is 0. The lowest BCUT2D eigenvalue weighted by Crippen LogP contribution is -2.41. The van der Waals surface area contributed by atoms with Crippen molar-refractivity contribution in [1.82, 2.24) is 4.90 Å². The highest BCUT2D eigenvalue weighted by atomic mass is 16.5. The molecule has 0 radical (unpaired) electrons. The quantitative estimate of drug-likeness (QED) is 0.643. The fourth-order valence-corrected chi connectivity index (χ4v) is 1.81. The topological polar surface area (TPSA) is 12.5 Å². The lowest BCUT2D eigenvalue weighted by atomic mass is 10.1. The summed E-state index contributed by atoms with van der Waals surface area (Å²) in [5, 5.41) is 0. The number of rotatable bonds is 3. The van der Waals surface area contributed by atoms with E-state index >= 15 is 0 Å². The molecular weight excluding hydrogens is 150 g/mol. The Morgan fingerprint density at radius 2 is 2.00 bits per heavy atom. The van der Waals surface area contributed by atoms with Crippen LogP contribution in [0.15, 0.2) is 0 Å². The van der Waals surface area contributed by atoms with Crippen molar-refractivity contribution in [3.05, 3.63) is 0 Å². The van der Waals surface area contributed by atoms with Crippen LogP contribution in [-0.4, -0.2) is 37.2 Å². The van der Waals surface area contributed by atoms with Crippen LogP contribution < -0.4 is 0 Å². The first kappa shape index (κ1) is 10.0. The molecule has 0 aromatic rings. The summed E-state index contributed by atoms with van der Waals surface area (Å²) in [5.74, 6) is 0. The van der Waals surface area contributed by atoms with Crippen molar-refractivity contribution < 1.29 is 4.74 Å². The van der Waals surface area contributed by atoms with Gasteiger partial charge in [-0.05, 0) is 26.2 Å². The third-order valence-electron chi connectivity index (χ3n) is 3.02. The molecule has 72 valence electrons. The maximum atomic E-state index is 5.33. The van der Waals surface area contributed by atoms with Gasteiger partial charge in [-0.25, -0.2) is 0 Å². The summed E-state index contributed by atoms with van der Waals surface area (Å²) in [5.41, 5.74) is 0. The van der Waals surface area contributed by atoms with E-state index in [-0.39, 0.29) is 0 Å². The summed E-state index contributed by atoms with van der Waals surface area (Å²) in [7, 11) is 1.82. The van der Waals surface area contributed by atoms with E-state index in [1.807, 2.05) is 7.11 Å². The van der Waals surface area contributed by atoms with Gasteiger partial charge in [-0.2, -0.15) is 0 Å². The lowest BCUT2D eigenvalue weighted by Gasteiger charge is -2.35. The van der Waals surface area contributed by atoms with E-state index in [1.165, 1.54) is 32.4 Å². The van der Waals surface area contributed by atoms with Gasteiger partial charge in [0.15, 0.2) is 0 Å². The van der Waals surface area contributed by atoms with E-state index in [9.17, 15) is 0 Å². The highest BCUT2D eigenvalue weighted by molar-refractivity contribution is 4.75. The van der Waals surface area contributed by atoms with Crippen LogP contribution >= 0.6 is 0 Å². The molecule has 0 bridgehead atoms. The van der Waals surface area contributed by atoms with Gasteiger partial charge < -0.3 is 9.64 Å². The minimum atomic E-state index is 0.519. The van der Waals surface area contributed by atoms with Crippen molar-refractivity contribution in [3.8, 4) is 0 Å². The smallest absolute Gasteiger partial charge is 0.0595 e. The van der Waals surface area contributed by atoms with Crippen LogP contribution in [-0.2, 0) is 4.74 Å². The molecule has 1 atom stereocenters. The molecule has 1 aliphatic rings. The summed E-state index contributed by atoms with van der Waals surface area (Å²) in [6, 6.07) is 0.753. The molecule has 1 aliphatic heterocycles. The van der Waals surface area contributed by atoms with E-state index in [2.05, 4.69) is 18.7 Å². The minimum Gasteiger partial charge on any atom is -0.381 e. The van der Waals surface area contributed by atoms with Crippen LogP contribution in [0.4, 0.5) is 0 Å². The molecule has 0 spiro atoms. The molecule has 2 nitrogen and oxygen atoms in total. The van der Waals surface area contributed by atoms with Gasteiger partial charge in [-0.1, -0.05) is 6.92 Å². The van der Waals surface area contributed by atoms with E-state index in [0.29, 0.717) is 6.10 Å². The Kier molecular flexibility index (Phi) is 4.02. The Bertz CT molecular complexity index is 119. The summed E-state index contributed by atoms with van der Waals surface area (Å²) < 4.78 is 5.33. The number of hydrogen-bond donors (Lipinski definition) is 0. The monoisotopic (exact) mass is 171 g/mol. The maximum absolute atomic E-state index is 5.33. The number of ether oxygens (including phenoxy) is 1. The summed E-state index contributed by atoms with van der Waals surface area (Å²) in [6.07, 6.45) is 4.20. The lowest BCUT2D eigenvalue weighted by molar-refractivity contribution is 0.0292. The number of hydrogen-bond acceptors (Lipinski definition) is 2. The van der Waals surface area contributed by atoms with Gasteiger partial charge >= 0.3 is 0 Å². The number of likely N-dealkylation sites (tertiary alicyclic amines) is 1. The predicted molar refractivity (Wildman–Crippen MR) is 51.4 cm³/mol. The molecule has 2 heteroatoms. The molecule has 0 aromatic carbocycles. The Labute approximate surface area is 75.9 Å². The van der Waals surface area contributed by atoms with Gasteiger partial charge in [0.1, 0.15) is 0 Å². The van der Waals surface area contributed by atoms with Crippen LogP contribution in [0.2, 0.25) is 0 Å². The molecular formula is C10H21NO. The standard InChI is InChI=1S/C10H21NO/c1-4-9(2)11-7-5-10(12-3)6-8-11/h9-10H,4-8H2,1-3H3. The van der Waals surface area contributed by atoms with Crippen molar-refractivity contribution in [2.24, 2.45) is 0 Å². The molecule has 0 aliphatic carbocycles. The first-order chi connectivity index (χ1) is 5.77. The highest BCUT2D eigenvalue weighted by Crippen LogP contribution is 2.16. The van der Waals surface area contributed by atoms with Crippen LogP contribution in [0.25, 0.3) is 0 Å². The maximum Gasteiger partial charge on any atom is 0.0595 e. The normalized spacial score (nSPS) is 24.2. The Morgan fingerprint density at radius 3 is 2.42 bits per heavy atom. The van der Waals surface area contributed by atoms with Crippen LogP contribution in [0, 0.1) is 0 Å². The van der Waals surface area contributed by atoms with Crippen LogP contribution in [0.3, 0.4) is 0 Å². The van der Waals surface area contributed by atoms with Crippen molar-refractivity contribution in [2.45, 2.75) is 45.3 Å². The Morgan fingerprint density at radius 1 is 1.42 bits per heavy atom. The molecule has 1 heterocycles. The second kappa shape index (κ2) is 4.83. The zero-order valence-electron chi connectivity index (χ0n) is 8.55. The number of methoxy groups -OCH3 is 1. The molecule has 0 saturated carbocycles. The average Bonchev–Trinajstić information content (AvgIpc) is 2.17. The largest absolute Gasteiger partial charge is 0.381 e. The van der Waals surface area contributed by atoms with Crippen molar-refractivity contribution in [1.29, 1.82) is 0 Å². The second-order valence-corrected chi connectivity index (χ2v) is 3.73. The molecule has 1 saturated heterocycles. The first-order valence-electron chi connectivity index (χ1n) is 5.04. The highest BCUT2D eigenvalue weighted by Gasteiger charge is 2.20. The number of nitrogens with zero attached hydrogens (tertiary/aromatic N) is 1. The van der Waals surface area contributed by atoms with Gasteiger partial charge in [0.2, 0.25) is 0 Å². The molecule has 1 unspecified atom stereocenters.